The minimum absolute atomic E-state index is 0.182. The highest BCUT2D eigenvalue weighted by Crippen LogP contribution is 2.25. The molecule has 0 saturated carbocycles. The van der Waals surface area contributed by atoms with Crippen LogP contribution in [-0.4, -0.2) is 24.4 Å². The van der Waals surface area contributed by atoms with Crippen LogP contribution >= 0.6 is 39.1 Å². The van der Waals surface area contributed by atoms with E-state index in [1.807, 2.05) is 24.3 Å². The van der Waals surface area contributed by atoms with Crippen LogP contribution in [0.4, 0.5) is 5.69 Å². The predicted octanol–water partition coefficient (Wildman–Crippen LogP) is 4.61. The molecule has 3 nitrogen and oxygen atoms in total. The van der Waals surface area contributed by atoms with Crippen LogP contribution < -0.4 is 10.1 Å². The molecule has 2 aromatic rings. The summed E-state index contributed by atoms with van der Waals surface area (Å²) in [7, 11) is 0. The van der Waals surface area contributed by atoms with E-state index in [4.69, 9.17) is 27.9 Å². The van der Waals surface area contributed by atoms with Crippen molar-refractivity contribution in [3.63, 3.8) is 0 Å². The second-order valence-corrected chi connectivity index (χ2v) is 6.19. The van der Waals surface area contributed by atoms with Gasteiger partial charge in [-0.1, -0.05) is 45.2 Å². The van der Waals surface area contributed by atoms with Gasteiger partial charge < -0.3 is 15.2 Å². The van der Waals surface area contributed by atoms with Crippen LogP contribution in [0.25, 0.3) is 0 Å². The van der Waals surface area contributed by atoms with E-state index in [1.165, 1.54) is 0 Å². The van der Waals surface area contributed by atoms with E-state index in [9.17, 15) is 5.11 Å². The molecule has 0 saturated heterocycles. The lowest BCUT2D eigenvalue weighted by Crippen LogP contribution is -2.26. The van der Waals surface area contributed by atoms with Gasteiger partial charge in [-0.15, -0.1) is 0 Å². The first-order valence-electron chi connectivity index (χ1n) is 6.30. The summed E-state index contributed by atoms with van der Waals surface area (Å²) in [6.45, 7) is 0.496. The van der Waals surface area contributed by atoms with E-state index in [1.54, 1.807) is 18.2 Å². The molecule has 0 heterocycles. The normalized spacial score (nSPS) is 12.0. The molecule has 0 aromatic heterocycles. The second kappa shape index (κ2) is 7.90. The highest BCUT2D eigenvalue weighted by Gasteiger charge is 2.07. The Bertz CT molecular complexity index is 610. The molecule has 0 aliphatic carbocycles. The summed E-state index contributed by atoms with van der Waals surface area (Å²) < 4.78 is 6.44. The number of halogens is 3. The van der Waals surface area contributed by atoms with Crippen LogP contribution in [0, 0.1) is 0 Å². The number of rotatable bonds is 6. The van der Waals surface area contributed by atoms with Crippen molar-refractivity contribution in [3.8, 4) is 5.75 Å². The molecule has 2 rings (SSSR count). The lowest BCUT2D eigenvalue weighted by Gasteiger charge is -2.15. The quantitative estimate of drug-likeness (QED) is 0.756. The molecule has 0 fully saturated rings. The van der Waals surface area contributed by atoms with Crippen molar-refractivity contribution < 1.29 is 9.84 Å². The largest absolute Gasteiger partial charge is 0.491 e. The molecule has 0 radical (unpaired) electrons. The summed E-state index contributed by atoms with van der Waals surface area (Å²) in [6.07, 6.45) is -0.668. The standard InChI is InChI=1S/C15H14BrCl2NO2/c16-10-2-1-3-13(6-10)21-9-12(20)8-19-15-7-11(17)4-5-14(15)18/h1-7,12,19-20H,8-9H2. The zero-order valence-corrected chi connectivity index (χ0v) is 14.1. The summed E-state index contributed by atoms with van der Waals surface area (Å²) in [5, 5.41) is 14.1. The molecule has 1 atom stereocenters. The Balaban J connectivity index is 1.82. The van der Waals surface area contributed by atoms with E-state index < -0.39 is 6.10 Å². The van der Waals surface area contributed by atoms with Gasteiger partial charge in [0.2, 0.25) is 0 Å². The first-order chi connectivity index (χ1) is 10.0. The number of hydrogen-bond acceptors (Lipinski definition) is 3. The maximum Gasteiger partial charge on any atom is 0.120 e. The van der Waals surface area contributed by atoms with Crippen LogP contribution in [0.1, 0.15) is 0 Å². The van der Waals surface area contributed by atoms with Crippen molar-refractivity contribution in [1.29, 1.82) is 0 Å². The van der Waals surface area contributed by atoms with Gasteiger partial charge >= 0.3 is 0 Å². The fourth-order valence-electron chi connectivity index (χ4n) is 1.67. The average molecular weight is 391 g/mol. The van der Waals surface area contributed by atoms with Gasteiger partial charge in [-0.25, -0.2) is 0 Å². The number of hydrogen-bond donors (Lipinski definition) is 2. The number of ether oxygens (including phenoxy) is 1. The summed E-state index contributed by atoms with van der Waals surface area (Å²) in [5.41, 5.74) is 0.686. The van der Waals surface area contributed by atoms with Crippen LogP contribution in [0.15, 0.2) is 46.9 Å². The third-order valence-corrected chi connectivity index (χ3v) is 3.75. The van der Waals surface area contributed by atoms with Crippen LogP contribution in [0.3, 0.4) is 0 Å². The lowest BCUT2D eigenvalue weighted by molar-refractivity contribution is 0.117. The van der Waals surface area contributed by atoms with Gasteiger partial charge in [-0.05, 0) is 36.4 Å². The van der Waals surface area contributed by atoms with Crippen molar-refractivity contribution in [1.82, 2.24) is 0 Å². The summed E-state index contributed by atoms with van der Waals surface area (Å²) >= 11 is 15.3. The van der Waals surface area contributed by atoms with Gasteiger partial charge in [0, 0.05) is 16.0 Å². The van der Waals surface area contributed by atoms with E-state index >= 15 is 0 Å². The van der Waals surface area contributed by atoms with Crippen molar-refractivity contribution in [3.05, 3.63) is 57.0 Å². The van der Waals surface area contributed by atoms with Gasteiger partial charge in [0.25, 0.3) is 0 Å². The van der Waals surface area contributed by atoms with Gasteiger partial charge in [-0.2, -0.15) is 0 Å². The van der Waals surface area contributed by atoms with E-state index in [2.05, 4.69) is 21.2 Å². The molecule has 2 N–H and O–H groups in total. The first kappa shape index (κ1) is 16.4. The lowest BCUT2D eigenvalue weighted by atomic mass is 10.3. The summed E-state index contributed by atoms with van der Waals surface area (Å²) in [5.74, 6) is 0.698. The van der Waals surface area contributed by atoms with E-state index in [0.717, 1.165) is 4.47 Å². The smallest absolute Gasteiger partial charge is 0.120 e. The van der Waals surface area contributed by atoms with E-state index in [0.29, 0.717) is 28.0 Å². The zero-order valence-electron chi connectivity index (χ0n) is 11.0. The van der Waals surface area contributed by atoms with Crippen LogP contribution in [-0.2, 0) is 0 Å². The molecule has 21 heavy (non-hydrogen) atoms. The number of anilines is 1. The maximum atomic E-state index is 9.93. The fraction of sp³-hybridized carbons (Fsp3) is 0.200. The molecule has 0 aliphatic rings. The minimum atomic E-state index is -0.668. The Morgan fingerprint density at radius 3 is 2.76 bits per heavy atom. The maximum absolute atomic E-state index is 9.93. The Kier molecular flexibility index (Phi) is 6.18. The Morgan fingerprint density at radius 1 is 1.19 bits per heavy atom. The predicted molar refractivity (Wildman–Crippen MR) is 90.6 cm³/mol. The molecular formula is C15H14BrCl2NO2. The molecule has 0 spiro atoms. The molecule has 0 aliphatic heterocycles. The Hall–Kier alpha value is -0.940. The number of benzene rings is 2. The highest BCUT2D eigenvalue weighted by molar-refractivity contribution is 9.10. The van der Waals surface area contributed by atoms with Crippen molar-refractivity contribution >= 4 is 44.8 Å². The third kappa shape index (κ3) is 5.40. The molecule has 0 bridgehead atoms. The number of nitrogens with one attached hydrogen (secondary N) is 1. The molecule has 0 amide bonds. The fourth-order valence-corrected chi connectivity index (χ4v) is 2.40. The van der Waals surface area contributed by atoms with Crippen molar-refractivity contribution in [2.24, 2.45) is 0 Å². The minimum Gasteiger partial charge on any atom is -0.491 e. The van der Waals surface area contributed by atoms with E-state index in [-0.39, 0.29) is 6.61 Å². The van der Waals surface area contributed by atoms with Crippen molar-refractivity contribution in [2.75, 3.05) is 18.5 Å². The monoisotopic (exact) mass is 389 g/mol. The Labute approximate surface area is 142 Å². The topological polar surface area (TPSA) is 41.5 Å². The van der Waals surface area contributed by atoms with Crippen molar-refractivity contribution in [2.45, 2.75) is 6.10 Å². The second-order valence-electron chi connectivity index (χ2n) is 4.43. The average Bonchev–Trinajstić information content (AvgIpc) is 2.46. The number of aliphatic hydroxyl groups is 1. The number of aliphatic hydroxyl groups excluding tert-OH is 1. The first-order valence-corrected chi connectivity index (χ1v) is 7.85. The zero-order chi connectivity index (χ0) is 15.2. The van der Waals surface area contributed by atoms with Gasteiger partial charge in [0.1, 0.15) is 18.5 Å². The molecule has 112 valence electrons. The van der Waals surface area contributed by atoms with Gasteiger partial charge in [0.05, 0.1) is 10.7 Å². The van der Waals surface area contributed by atoms with Crippen LogP contribution in [0.2, 0.25) is 10.0 Å². The molecule has 1 unspecified atom stereocenters. The van der Waals surface area contributed by atoms with Crippen LogP contribution in [0.5, 0.6) is 5.75 Å². The SMILES string of the molecule is OC(CNc1cc(Cl)ccc1Cl)COc1cccc(Br)c1. The molecule has 6 heteroatoms. The molecule has 2 aromatic carbocycles. The van der Waals surface area contributed by atoms with Gasteiger partial charge in [-0.3, -0.25) is 0 Å². The third-order valence-electron chi connectivity index (χ3n) is 2.70. The van der Waals surface area contributed by atoms with Gasteiger partial charge in [0.15, 0.2) is 0 Å². The Morgan fingerprint density at radius 2 is 2.00 bits per heavy atom. The highest BCUT2D eigenvalue weighted by atomic mass is 79.9. The summed E-state index contributed by atoms with van der Waals surface area (Å²) in [6, 6.07) is 12.6. The molecular weight excluding hydrogens is 377 g/mol. The summed E-state index contributed by atoms with van der Waals surface area (Å²) in [4.78, 5) is 0.